The normalized spacial score (nSPS) is 18.8. The van der Waals surface area contributed by atoms with Crippen LogP contribution >= 0.6 is 0 Å². The fraction of sp³-hybridized carbons (Fsp3) is 0.857. The lowest BCUT2D eigenvalue weighted by atomic mass is 10.0. The third-order valence-electron chi connectivity index (χ3n) is 3.08. The molecule has 1 aliphatic rings. The summed E-state index contributed by atoms with van der Waals surface area (Å²) in [5.74, 6) is 0.0314. The van der Waals surface area contributed by atoms with E-state index >= 15 is 0 Å². The van der Waals surface area contributed by atoms with Crippen LogP contribution in [0.2, 0.25) is 0 Å². The summed E-state index contributed by atoms with van der Waals surface area (Å²) >= 11 is 0. The molecule has 1 heterocycles. The highest BCUT2D eigenvalue weighted by molar-refractivity contribution is 5.68. The molecule has 19 heavy (non-hydrogen) atoms. The van der Waals surface area contributed by atoms with Gasteiger partial charge in [0.2, 0.25) is 0 Å². The van der Waals surface area contributed by atoms with Gasteiger partial charge in [-0.15, -0.1) is 0 Å². The number of rotatable bonds is 3. The van der Waals surface area contributed by atoms with Gasteiger partial charge in [-0.1, -0.05) is 0 Å². The number of ether oxygens (including phenoxy) is 1. The fourth-order valence-corrected chi connectivity index (χ4v) is 1.98. The molecule has 1 rings (SSSR count). The van der Waals surface area contributed by atoms with E-state index in [0.717, 1.165) is 12.8 Å². The third-order valence-corrected chi connectivity index (χ3v) is 3.08. The van der Waals surface area contributed by atoms with E-state index in [2.05, 4.69) is 11.4 Å². The fourth-order valence-electron chi connectivity index (χ4n) is 1.98. The maximum absolute atomic E-state index is 11.9. The summed E-state index contributed by atoms with van der Waals surface area (Å²) in [5, 5.41) is 12.1. The highest BCUT2D eigenvalue weighted by Crippen LogP contribution is 2.15. The van der Waals surface area contributed by atoms with Gasteiger partial charge in [-0.05, 0) is 40.5 Å². The Hall–Kier alpha value is -1.28. The average Bonchev–Trinajstić information content (AvgIpc) is 2.34. The van der Waals surface area contributed by atoms with Gasteiger partial charge in [0.15, 0.2) is 0 Å². The van der Waals surface area contributed by atoms with E-state index < -0.39 is 5.60 Å². The van der Waals surface area contributed by atoms with Crippen molar-refractivity contribution in [1.29, 1.82) is 5.26 Å². The first-order valence-electron chi connectivity index (χ1n) is 6.93. The predicted octanol–water partition coefficient (Wildman–Crippen LogP) is 2.14. The van der Waals surface area contributed by atoms with E-state index in [1.54, 1.807) is 4.90 Å². The number of likely N-dealkylation sites (tertiary alicyclic amines) is 1. The molecule has 5 heteroatoms. The second-order valence-corrected chi connectivity index (χ2v) is 6.18. The van der Waals surface area contributed by atoms with E-state index in [1.165, 1.54) is 0 Å². The number of nitriles is 1. The molecule has 1 saturated heterocycles. The zero-order chi connectivity index (χ0) is 14.5. The van der Waals surface area contributed by atoms with Crippen molar-refractivity contribution in [3.05, 3.63) is 0 Å². The number of nitrogens with one attached hydrogen (secondary N) is 1. The smallest absolute Gasteiger partial charge is 0.410 e. The lowest BCUT2D eigenvalue weighted by Crippen LogP contribution is -2.47. The van der Waals surface area contributed by atoms with Crippen LogP contribution in [0, 0.1) is 17.2 Å². The van der Waals surface area contributed by atoms with Crippen molar-refractivity contribution in [3.63, 3.8) is 0 Å². The second-order valence-electron chi connectivity index (χ2n) is 6.18. The first-order chi connectivity index (χ1) is 8.81. The molecule has 1 aliphatic heterocycles. The van der Waals surface area contributed by atoms with Crippen molar-refractivity contribution in [1.82, 2.24) is 10.2 Å². The van der Waals surface area contributed by atoms with Crippen LogP contribution in [0.4, 0.5) is 4.79 Å². The minimum Gasteiger partial charge on any atom is -0.444 e. The Morgan fingerprint density at radius 3 is 2.53 bits per heavy atom. The van der Waals surface area contributed by atoms with Gasteiger partial charge in [-0.3, -0.25) is 0 Å². The van der Waals surface area contributed by atoms with Crippen molar-refractivity contribution in [3.8, 4) is 6.07 Å². The van der Waals surface area contributed by atoms with E-state index in [4.69, 9.17) is 10.00 Å². The molecule has 0 saturated carbocycles. The van der Waals surface area contributed by atoms with Gasteiger partial charge in [0.05, 0.1) is 12.0 Å². The first-order valence-corrected chi connectivity index (χ1v) is 6.93. The van der Waals surface area contributed by atoms with Crippen LogP contribution in [0.25, 0.3) is 0 Å². The summed E-state index contributed by atoms with van der Waals surface area (Å²) in [6.07, 6.45) is 1.60. The lowest BCUT2D eigenvalue weighted by Gasteiger charge is -2.34. The molecule has 1 N–H and O–H groups in total. The maximum Gasteiger partial charge on any atom is 0.410 e. The maximum atomic E-state index is 11.9. The molecule has 0 spiro atoms. The first kappa shape index (κ1) is 15.8. The van der Waals surface area contributed by atoms with Crippen LogP contribution in [-0.2, 0) is 4.74 Å². The second kappa shape index (κ2) is 6.76. The summed E-state index contributed by atoms with van der Waals surface area (Å²) in [7, 11) is 0. The molecule has 0 aromatic heterocycles. The van der Waals surface area contributed by atoms with Gasteiger partial charge >= 0.3 is 6.09 Å². The van der Waals surface area contributed by atoms with E-state index in [-0.39, 0.29) is 12.0 Å². The molecule has 0 radical (unpaired) electrons. The van der Waals surface area contributed by atoms with Crippen molar-refractivity contribution in [2.45, 2.75) is 52.2 Å². The molecule has 1 amide bonds. The predicted molar refractivity (Wildman–Crippen MR) is 73.6 cm³/mol. The van der Waals surface area contributed by atoms with Crippen molar-refractivity contribution in [2.24, 2.45) is 5.92 Å². The molecule has 0 aromatic carbocycles. The Morgan fingerprint density at radius 2 is 2.05 bits per heavy atom. The standard InChI is InChI=1S/C14H25N3O2/c1-11(9-15)10-16-12-5-7-17(8-6-12)13(18)19-14(2,3)4/h11-12,16H,5-8,10H2,1-4H3. The quantitative estimate of drug-likeness (QED) is 0.850. The Labute approximate surface area is 115 Å². The number of hydrogen-bond donors (Lipinski definition) is 1. The highest BCUT2D eigenvalue weighted by atomic mass is 16.6. The summed E-state index contributed by atoms with van der Waals surface area (Å²) in [6.45, 7) is 9.69. The van der Waals surface area contributed by atoms with E-state index in [1.807, 2.05) is 27.7 Å². The van der Waals surface area contributed by atoms with Crippen molar-refractivity contribution in [2.75, 3.05) is 19.6 Å². The topological polar surface area (TPSA) is 65.4 Å². The molecular weight excluding hydrogens is 242 g/mol. The molecule has 108 valence electrons. The average molecular weight is 267 g/mol. The van der Waals surface area contributed by atoms with E-state index in [0.29, 0.717) is 25.7 Å². The van der Waals surface area contributed by atoms with Crippen LogP contribution in [0.1, 0.15) is 40.5 Å². The molecule has 0 bridgehead atoms. The van der Waals surface area contributed by atoms with Crippen LogP contribution in [0.3, 0.4) is 0 Å². The van der Waals surface area contributed by atoms with Crippen molar-refractivity contribution >= 4 is 6.09 Å². The van der Waals surface area contributed by atoms with Gasteiger partial charge in [-0.2, -0.15) is 5.26 Å². The monoisotopic (exact) mass is 267 g/mol. The Balaban J connectivity index is 2.29. The number of hydrogen-bond acceptors (Lipinski definition) is 4. The minimum absolute atomic E-state index is 0.0314. The van der Waals surface area contributed by atoms with Crippen LogP contribution in [0.5, 0.6) is 0 Å². The van der Waals surface area contributed by atoms with Gasteiger partial charge in [0.1, 0.15) is 5.60 Å². The summed E-state index contributed by atoms with van der Waals surface area (Å²) < 4.78 is 5.35. The summed E-state index contributed by atoms with van der Waals surface area (Å²) in [4.78, 5) is 13.6. The third kappa shape index (κ3) is 5.93. The Bertz CT molecular complexity index is 336. The largest absolute Gasteiger partial charge is 0.444 e. The summed E-state index contributed by atoms with van der Waals surface area (Å²) in [5.41, 5.74) is -0.436. The molecule has 5 nitrogen and oxygen atoms in total. The molecule has 0 aromatic rings. The highest BCUT2D eigenvalue weighted by Gasteiger charge is 2.26. The molecule has 1 unspecified atom stereocenters. The van der Waals surface area contributed by atoms with Crippen LogP contribution < -0.4 is 5.32 Å². The summed E-state index contributed by atoms with van der Waals surface area (Å²) in [6, 6.07) is 2.61. The van der Waals surface area contributed by atoms with E-state index in [9.17, 15) is 4.79 Å². The Kier molecular flexibility index (Phi) is 5.61. The molecular formula is C14H25N3O2. The van der Waals surface area contributed by atoms with Crippen molar-refractivity contribution < 1.29 is 9.53 Å². The molecule has 0 aliphatic carbocycles. The number of carbonyl (C=O) groups excluding carboxylic acids is 1. The zero-order valence-electron chi connectivity index (χ0n) is 12.4. The number of amides is 1. The zero-order valence-corrected chi connectivity index (χ0v) is 12.4. The van der Waals surface area contributed by atoms with Gasteiger partial charge in [0.25, 0.3) is 0 Å². The number of carbonyl (C=O) groups is 1. The Morgan fingerprint density at radius 1 is 1.47 bits per heavy atom. The van der Waals surface area contributed by atoms with Gasteiger partial charge in [0, 0.05) is 25.7 Å². The number of piperidine rings is 1. The van der Waals surface area contributed by atoms with Crippen LogP contribution in [0.15, 0.2) is 0 Å². The molecule has 1 atom stereocenters. The number of nitrogens with zero attached hydrogens (tertiary/aromatic N) is 2. The lowest BCUT2D eigenvalue weighted by molar-refractivity contribution is 0.0198. The van der Waals surface area contributed by atoms with Gasteiger partial charge < -0.3 is 15.0 Å². The minimum atomic E-state index is -0.436. The van der Waals surface area contributed by atoms with Crippen LogP contribution in [-0.4, -0.2) is 42.3 Å². The van der Waals surface area contributed by atoms with Gasteiger partial charge in [-0.25, -0.2) is 4.79 Å². The molecule has 1 fully saturated rings. The SMILES string of the molecule is CC(C#N)CNC1CCN(C(=O)OC(C)(C)C)CC1.